The average Bonchev–Trinajstić information content (AvgIpc) is 2.68. The molecule has 3 fully saturated rings. The SMILES string of the molecule is COC(=O)C12CCC(C1C(=O)O)C2(C)C. The van der Waals surface area contributed by atoms with Gasteiger partial charge in [0.15, 0.2) is 0 Å². The summed E-state index contributed by atoms with van der Waals surface area (Å²) in [5.74, 6) is -1.63. The fourth-order valence-corrected chi connectivity index (χ4v) is 3.84. The van der Waals surface area contributed by atoms with Gasteiger partial charge in [0.2, 0.25) is 0 Å². The van der Waals surface area contributed by atoms with E-state index in [9.17, 15) is 9.59 Å². The van der Waals surface area contributed by atoms with E-state index in [-0.39, 0.29) is 17.3 Å². The van der Waals surface area contributed by atoms with Gasteiger partial charge in [-0.3, -0.25) is 9.59 Å². The zero-order valence-corrected chi connectivity index (χ0v) is 9.24. The normalized spacial score (nSPS) is 40.7. The molecular weight excluding hydrogens is 196 g/mol. The van der Waals surface area contributed by atoms with Crippen LogP contribution in [0.2, 0.25) is 0 Å². The van der Waals surface area contributed by atoms with Crippen molar-refractivity contribution in [1.82, 2.24) is 0 Å². The van der Waals surface area contributed by atoms with Crippen molar-refractivity contribution < 1.29 is 19.4 Å². The minimum atomic E-state index is -0.859. The molecule has 0 aromatic carbocycles. The first-order chi connectivity index (χ1) is 6.89. The summed E-state index contributed by atoms with van der Waals surface area (Å²) in [6.07, 6.45) is 1.47. The highest BCUT2D eigenvalue weighted by Crippen LogP contribution is 2.74. The first-order valence-electron chi connectivity index (χ1n) is 5.21. The Morgan fingerprint density at radius 1 is 1.40 bits per heavy atom. The molecule has 0 saturated heterocycles. The maximum Gasteiger partial charge on any atom is 0.313 e. The lowest BCUT2D eigenvalue weighted by Gasteiger charge is -2.56. The third-order valence-corrected chi connectivity index (χ3v) is 4.68. The molecule has 0 amide bonds. The summed E-state index contributed by atoms with van der Waals surface area (Å²) >= 11 is 0. The van der Waals surface area contributed by atoms with Gasteiger partial charge in [-0.05, 0) is 24.2 Å². The Balaban J connectivity index is 2.42. The molecule has 3 saturated carbocycles. The van der Waals surface area contributed by atoms with Crippen molar-refractivity contribution >= 4 is 11.9 Å². The summed E-state index contributed by atoms with van der Waals surface area (Å²) in [5, 5.41) is 9.15. The number of hydrogen-bond acceptors (Lipinski definition) is 3. The van der Waals surface area contributed by atoms with Gasteiger partial charge in [-0.25, -0.2) is 0 Å². The lowest BCUT2D eigenvalue weighted by atomic mass is 9.44. The number of rotatable bonds is 2. The molecule has 0 aliphatic heterocycles. The number of esters is 1. The standard InChI is InChI=1S/C11H16O4/c1-10(2)6-4-5-11(10,9(14)15-3)7(6)8(12)13/h6-7H,4-5H2,1-3H3,(H,12,13). The van der Waals surface area contributed by atoms with Crippen LogP contribution in [0, 0.1) is 22.7 Å². The Hall–Kier alpha value is -1.06. The molecule has 3 rings (SSSR count). The van der Waals surface area contributed by atoms with Crippen LogP contribution in [-0.2, 0) is 14.3 Å². The molecule has 84 valence electrons. The first kappa shape index (κ1) is 10.5. The summed E-state index contributed by atoms with van der Waals surface area (Å²) < 4.78 is 4.79. The Kier molecular flexibility index (Phi) is 1.91. The summed E-state index contributed by atoms with van der Waals surface area (Å²) in [6.45, 7) is 3.95. The van der Waals surface area contributed by atoms with E-state index in [1.807, 2.05) is 13.8 Å². The molecule has 3 unspecified atom stereocenters. The second-order valence-corrected chi connectivity index (χ2v) is 5.15. The van der Waals surface area contributed by atoms with Crippen LogP contribution in [0.5, 0.6) is 0 Å². The van der Waals surface area contributed by atoms with Gasteiger partial charge in [0.1, 0.15) is 0 Å². The van der Waals surface area contributed by atoms with E-state index in [4.69, 9.17) is 9.84 Å². The Morgan fingerprint density at radius 3 is 2.40 bits per heavy atom. The minimum absolute atomic E-state index is 0.120. The lowest BCUT2D eigenvalue weighted by molar-refractivity contribution is -0.202. The number of ether oxygens (including phenoxy) is 1. The molecule has 4 nitrogen and oxygen atoms in total. The molecule has 15 heavy (non-hydrogen) atoms. The van der Waals surface area contributed by atoms with Gasteiger partial charge in [0.05, 0.1) is 18.4 Å². The van der Waals surface area contributed by atoms with Crippen molar-refractivity contribution in [3.8, 4) is 0 Å². The fraction of sp³-hybridized carbons (Fsp3) is 0.818. The highest BCUT2D eigenvalue weighted by atomic mass is 16.5. The highest BCUT2D eigenvalue weighted by molar-refractivity contribution is 5.89. The molecule has 0 aromatic rings. The van der Waals surface area contributed by atoms with Gasteiger partial charge < -0.3 is 9.84 Å². The summed E-state index contributed by atoms with van der Waals surface area (Å²) in [5.41, 5.74) is -1.01. The largest absolute Gasteiger partial charge is 0.481 e. The summed E-state index contributed by atoms with van der Waals surface area (Å²) in [6, 6.07) is 0. The van der Waals surface area contributed by atoms with Crippen molar-refractivity contribution in [2.75, 3.05) is 7.11 Å². The van der Waals surface area contributed by atoms with Crippen LogP contribution in [0.1, 0.15) is 26.7 Å². The lowest BCUT2D eigenvalue weighted by Crippen LogP contribution is -2.63. The Labute approximate surface area is 88.6 Å². The molecule has 0 radical (unpaired) electrons. The van der Waals surface area contributed by atoms with Crippen LogP contribution in [0.25, 0.3) is 0 Å². The van der Waals surface area contributed by atoms with E-state index in [0.717, 1.165) is 6.42 Å². The van der Waals surface area contributed by atoms with Crippen LogP contribution in [0.3, 0.4) is 0 Å². The number of fused-ring (bicyclic) bond motifs is 1. The number of carboxylic acids is 1. The second-order valence-electron chi connectivity index (χ2n) is 5.15. The smallest absolute Gasteiger partial charge is 0.313 e. The molecule has 2 bridgehead atoms. The predicted molar refractivity (Wildman–Crippen MR) is 52.1 cm³/mol. The van der Waals surface area contributed by atoms with Gasteiger partial charge >= 0.3 is 11.9 Å². The quantitative estimate of drug-likeness (QED) is 0.701. The number of carboxylic acid groups (broad SMARTS) is 1. The van der Waals surface area contributed by atoms with Crippen LogP contribution in [0.4, 0.5) is 0 Å². The van der Waals surface area contributed by atoms with Gasteiger partial charge in [0.25, 0.3) is 0 Å². The number of carbonyl (C=O) groups is 2. The molecule has 1 N–H and O–H groups in total. The number of aliphatic carboxylic acids is 1. The van der Waals surface area contributed by atoms with Crippen LogP contribution in [0.15, 0.2) is 0 Å². The van der Waals surface area contributed by atoms with Crippen LogP contribution < -0.4 is 0 Å². The van der Waals surface area contributed by atoms with E-state index in [1.54, 1.807) is 0 Å². The molecule has 0 heterocycles. The average molecular weight is 212 g/mol. The summed E-state index contributed by atoms with van der Waals surface area (Å²) in [4.78, 5) is 23.0. The van der Waals surface area contributed by atoms with Crippen LogP contribution >= 0.6 is 0 Å². The van der Waals surface area contributed by atoms with Crippen molar-refractivity contribution in [3.05, 3.63) is 0 Å². The zero-order valence-electron chi connectivity index (χ0n) is 9.24. The van der Waals surface area contributed by atoms with E-state index in [2.05, 4.69) is 0 Å². The van der Waals surface area contributed by atoms with E-state index < -0.39 is 17.3 Å². The highest BCUT2D eigenvalue weighted by Gasteiger charge is 2.77. The molecule has 3 atom stereocenters. The first-order valence-corrected chi connectivity index (χ1v) is 5.21. The molecule has 3 aliphatic rings. The molecule has 3 aliphatic carbocycles. The number of methoxy groups -OCH3 is 1. The Morgan fingerprint density at radius 2 is 2.00 bits per heavy atom. The topological polar surface area (TPSA) is 63.6 Å². The van der Waals surface area contributed by atoms with E-state index in [0.29, 0.717) is 6.42 Å². The van der Waals surface area contributed by atoms with Crippen molar-refractivity contribution in [2.24, 2.45) is 22.7 Å². The third kappa shape index (κ3) is 0.880. The number of hydrogen-bond donors (Lipinski definition) is 1. The third-order valence-electron chi connectivity index (χ3n) is 4.68. The second kappa shape index (κ2) is 2.74. The molecule has 4 heteroatoms. The fourth-order valence-electron chi connectivity index (χ4n) is 3.84. The molecule has 0 spiro atoms. The molecule has 0 aromatic heterocycles. The van der Waals surface area contributed by atoms with Gasteiger partial charge in [0, 0.05) is 0 Å². The minimum Gasteiger partial charge on any atom is -0.481 e. The monoisotopic (exact) mass is 212 g/mol. The summed E-state index contributed by atoms with van der Waals surface area (Å²) in [7, 11) is 1.33. The van der Waals surface area contributed by atoms with Crippen molar-refractivity contribution in [1.29, 1.82) is 0 Å². The van der Waals surface area contributed by atoms with Gasteiger partial charge in [-0.1, -0.05) is 13.8 Å². The number of carbonyl (C=O) groups excluding carboxylic acids is 1. The zero-order chi connectivity index (χ0) is 11.4. The maximum atomic E-state index is 11.8. The predicted octanol–water partition coefficient (Wildman–Crippen LogP) is 1.30. The van der Waals surface area contributed by atoms with Crippen molar-refractivity contribution in [3.63, 3.8) is 0 Å². The van der Waals surface area contributed by atoms with Gasteiger partial charge in [-0.15, -0.1) is 0 Å². The van der Waals surface area contributed by atoms with E-state index in [1.165, 1.54) is 7.11 Å². The van der Waals surface area contributed by atoms with Gasteiger partial charge in [-0.2, -0.15) is 0 Å². The molecular formula is C11H16O4. The Bertz CT molecular complexity index is 333. The maximum absolute atomic E-state index is 11.8. The van der Waals surface area contributed by atoms with Crippen molar-refractivity contribution in [2.45, 2.75) is 26.7 Å². The van der Waals surface area contributed by atoms with E-state index >= 15 is 0 Å². The van der Waals surface area contributed by atoms with Crippen LogP contribution in [-0.4, -0.2) is 24.2 Å².